The van der Waals surface area contributed by atoms with Gasteiger partial charge in [0.05, 0.1) is 22.7 Å². The van der Waals surface area contributed by atoms with Crippen LogP contribution in [-0.4, -0.2) is 48.7 Å². The third-order valence-electron chi connectivity index (χ3n) is 6.08. The first-order valence-electron chi connectivity index (χ1n) is 12.0. The van der Waals surface area contributed by atoms with E-state index in [2.05, 4.69) is 41.6 Å². The van der Waals surface area contributed by atoms with Gasteiger partial charge in [-0.2, -0.15) is 8.42 Å². The number of amides is 2. The fourth-order valence-electron chi connectivity index (χ4n) is 3.90. The molecule has 11 nitrogen and oxygen atoms in total. The van der Waals surface area contributed by atoms with Gasteiger partial charge in [0.1, 0.15) is 10.9 Å². The van der Waals surface area contributed by atoms with Crippen molar-refractivity contribution < 1.29 is 22.2 Å². The molecule has 2 aromatic heterocycles. The van der Waals surface area contributed by atoms with Crippen LogP contribution in [0.15, 0.2) is 69.5 Å². The Bertz CT molecular complexity index is 1600. The van der Waals surface area contributed by atoms with Crippen LogP contribution in [0.3, 0.4) is 0 Å². The summed E-state index contributed by atoms with van der Waals surface area (Å²) in [6, 6.07) is 7.58. The molecule has 2 aliphatic rings. The highest BCUT2D eigenvalue weighted by Crippen LogP contribution is 2.34. The Morgan fingerprint density at radius 1 is 1.12 bits per heavy atom. The lowest BCUT2D eigenvalue weighted by molar-refractivity contribution is -0.117. The number of carbonyl (C=O) groups excluding carboxylic acids is 2. The number of nitrogens with one attached hydrogen (secondary N) is 2. The Kier molecular flexibility index (Phi) is 8.26. The average molecular weight is 668 g/mol. The van der Waals surface area contributed by atoms with Crippen molar-refractivity contribution in [3.63, 3.8) is 0 Å². The number of anilines is 2. The summed E-state index contributed by atoms with van der Waals surface area (Å²) < 4.78 is 31.3. The molecule has 0 saturated heterocycles. The van der Waals surface area contributed by atoms with Gasteiger partial charge in [0, 0.05) is 34.6 Å². The molecule has 0 radical (unpaired) electrons. The van der Waals surface area contributed by atoms with E-state index in [1.54, 1.807) is 18.2 Å². The number of benzene rings is 1. The summed E-state index contributed by atoms with van der Waals surface area (Å²) in [5, 5.41) is 11.5. The second-order valence-electron chi connectivity index (χ2n) is 9.04. The summed E-state index contributed by atoms with van der Waals surface area (Å²) in [4.78, 5) is 34.6. The molecule has 1 saturated carbocycles. The monoisotopic (exact) mass is 666 g/mol. The van der Waals surface area contributed by atoms with Crippen LogP contribution in [0, 0.1) is 5.92 Å². The second-order valence-corrected chi connectivity index (χ2v) is 12.3. The Morgan fingerprint density at radius 3 is 2.58 bits per heavy atom. The van der Waals surface area contributed by atoms with E-state index in [0.29, 0.717) is 22.0 Å². The van der Waals surface area contributed by atoms with Gasteiger partial charge in [-0.1, -0.05) is 23.2 Å². The molecule has 0 spiro atoms. The molecule has 1 aliphatic carbocycles. The number of halogens is 3. The molecule has 208 valence electrons. The molecule has 1 unspecified atom stereocenters. The molecular formula is C25H21BrCl2N6O5S. The number of hydrogen-bond donors (Lipinski definition) is 2. The molecule has 0 bridgehead atoms. The molecule has 3 aromatic rings. The zero-order chi connectivity index (χ0) is 28.4. The van der Waals surface area contributed by atoms with E-state index in [1.165, 1.54) is 41.8 Å². The number of nitrogens with zero attached hydrogens (tertiary/aromatic N) is 4. The van der Waals surface area contributed by atoms with E-state index >= 15 is 0 Å². The maximum Gasteiger partial charge on any atom is 0.340 e. The number of pyridine rings is 2. The van der Waals surface area contributed by atoms with Crippen molar-refractivity contribution in [3.8, 4) is 0 Å². The van der Waals surface area contributed by atoms with E-state index in [9.17, 15) is 18.0 Å². The predicted octanol–water partition coefficient (Wildman–Crippen LogP) is 4.62. The van der Waals surface area contributed by atoms with Crippen LogP contribution in [0.4, 0.5) is 11.5 Å². The summed E-state index contributed by atoms with van der Waals surface area (Å²) in [7, 11) is -4.26. The molecular weight excluding hydrogens is 647 g/mol. The Morgan fingerprint density at radius 2 is 1.88 bits per heavy atom. The highest BCUT2D eigenvalue weighted by molar-refractivity contribution is 9.10. The quantitative estimate of drug-likeness (QED) is 0.331. The molecule has 1 aliphatic heterocycles. The number of hydrazone groups is 1. The Hall–Kier alpha value is -3.26. The van der Waals surface area contributed by atoms with E-state index < -0.39 is 28.0 Å². The predicted molar refractivity (Wildman–Crippen MR) is 153 cm³/mol. The van der Waals surface area contributed by atoms with Crippen LogP contribution < -0.4 is 15.6 Å². The minimum Gasteiger partial charge on any atom is -0.361 e. The van der Waals surface area contributed by atoms with Crippen molar-refractivity contribution in [2.45, 2.75) is 30.2 Å². The lowest BCUT2D eigenvalue weighted by Crippen LogP contribution is -2.39. The first-order chi connectivity index (χ1) is 19.1. The zero-order valence-corrected chi connectivity index (χ0v) is 24.5. The summed E-state index contributed by atoms with van der Waals surface area (Å²) in [6.07, 6.45) is 5.94. The van der Waals surface area contributed by atoms with Crippen LogP contribution in [0.25, 0.3) is 0 Å². The van der Waals surface area contributed by atoms with Crippen LogP contribution in [0.2, 0.25) is 10.0 Å². The lowest BCUT2D eigenvalue weighted by atomic mass is 10.1. The maximum absolute atomic E-state index is 13.7. The molecule has 1 fully saturated rings. The van der Waals surface area contributed by atoms with Gasteiger partial charge in [-0.15, -0.1) is 5.10 Å². The topological polar surface area (TPSA) is 143 Å². The van der Waals surface area contributed by atoms with Crippen LogP contribution in [0.1, 0.15) is 29.6 Å². The zero-order valence-electron chi connectivity index (χ0n) is 20.6. The summed E-state index contributed by atoms with van der Waals surface area (Å²) in [5.74, 6) is -0.716. The second kappa shape index (κ2) is 11.7. The van der Waals surface area contributed by atoms with Crippen molar-refractivity contribution in [3.05, 3.63) is 75.1 Å². The van der Waals surface area contributed by atoms with Crippen molar-refractivity contribution >= 4 is 78.5 Å². The van der Waals surface area contributed by atoms with Gasteiger partial charge in [-0.05, 0) is 71.1 Å². The molecule has 40 heavy (non-hydrogen) atoms. The standard InChI is InChI=1S/C25H21BrCl2N6O5S/c26-18-11-15(27)10-17(24(35)31-13-14-3-4-14)22(18)32-25(36)20-12-21(33-34(20)23-19(28)2-1-7-30-23)39-40(37,38)16-5-8-29-9-6-16/h1-2,5-11,14,20H,3-4,12-13H2,(H,31,35)(H,32,36). The van der Waals surface area contributed by atoms with Gasteiger partial charge < -0.3 is 14.8 Å². The minimum absolute atomic E-state index is 0.113. The van der Waals surface area contributed by atoms with Crippen molar-refractivity contribution in [2.24, 2.45) is 11.0 Å². The molecule has 2 amide bonds. The van der Waals surface area contributed by atoms with Crippen molar-refractivity contribution in [2.75, 3.05) is 16.9 Å². The summed E-state index contributed by atoms with van der Waals surface area (Å²) in [5.41, 5.74) is 0.347. The SMILES string of the molecule is O=C(NCC1CC1)c1cc(Cl)cc(Br)c1NC(=O)C1CC(OS(=O)(=O)c2ccncc2)=NN1c1ncccc1Cl. The molecule has 5 rings (SSSR count). The molecule has 3 heterocycles. The fraction of sp³-hybridized carbons (Fsp3) is 0.240. The third-order valence-corrected chi connectivity index (χ3v) is 8.48. The number of carbonyl (C=O) groups is 2. The van der Waals surface area contributed by atoms with E-state index in [-0.39, 0.29) is 39.3 Å². The van der Waals surface area contributed by atoms with E-state index in [4.69, 9.17) is 27.4 Å². The molecule has 1 atom stereocenters. The number of aromatic nitrogens is 2. The maximum atomic E-state index is 13.7. The number of hydrogen-bond acceptors (Lipinski definition) is 9. The highest BCUT2D eigenvalue weighted by atomic mass is 79.9. The first kappa shape index (κ1) is 28.3. The average Bonchev–Trinajstić information content (AvgIpc) is 3.67. The smallest absolute Gasteiger partial charge is 0.340 e. The van der Waals surface area contributed by atoms with E-state index in [0.717, 1.165) is 12.8 Å². The first-order valence-corrected chi connectivity index (χ1v) is 15.0. The molecule has 15 heteroatoms. The summed E-state index contributed by atoms with van der Waals surface area (Å²) >= 11 is 15.9. The van der Waals surface area contributed by atoms with Gasteiger partial charge >= 0.3 is 10.1 Å². The molecule has 1 aromatic carbocycles. The van der Waals surface area contributed by atoms with E-state index in [1.807, 2.05) is 0 Å². The molecule has 2 N–H and O–H groups in total. The van der Waals surface area contributed by atoms with Crippen LogP contribution >= 0.6 is 39.1 Å². The lowest BCUT2D eigenvalue weighted by Gasteiger charge is -2.23. The Labute approximate surface area is 248 Å². The van der Waals surface area contributed by atoms with Gasteiger partial charge in [-0.3, -0.25) is 14.6 Å². The largest absolute Gasteiger partial charge is 0.361 e. The minimum atomic E-state index is -4.26. The van der Waals surface area contributed by atoms with Gasteiger partial charge in [0.15, 0.2) is 5.82 Å². The Balaban J connectivity index is 1.43. The fourth-order valence-corrected chi connectivity index (χ4v) is 5.92. The van der Waals surface area contributed by atoms with Gasteiger partial charge in [0.25, 0.3) is 5.91 Å². The highest BCUT2D eigenvalue weighted by Gasteiger charge is 2.39. The summed E-state index contributed by atoms with van der Waals surface area (Å²) in [6.45, 7) is 0.519. The van der Waals surface area contributed by atoms with Gasteiger partial charge in [-0.25, -0.2) is 9.99 Å². The van der Waals surface area contributed by atoms with Crippen LogP contribution in [0.5, 0.6) is 0 Å². The third kappa shape index (κ3) is 6.38. The van der Waals surface area contributed by atoms with Crippen molar-refractivity contribution in [1.82, 2.24) is 15.3 Å². The normalized spacial score (nSPS) is 16.8. The number of rotatable bonds is 8. The van der Waals surface area contributed by atoms with Gasteiger partial charge in [0.2, 0.25) is 11.8 Å². The van der Waals surface area contributed by atoms with Crippen LogP contribution in [-0.2, 0) is 19.1 Å². The van der Waals surface area contributed by atoms with Crippen molar-refractivity contribution in [1.29, 1.82) is 0 Å².